The average molecular weight is 350 g/mol. The van der Waals surface area contributed by atoms with Crippen molar-refractivity contribution in [1.29, 1.82) is 0 Å². The number of nitrogens with zero attached hydrogens (tertiary/aromatic N) is 2. The smallest absolute Gasteiger partial charge is 0.317 e. The maximum absolute atomic E-state index is 12.3. The minimum absolute atomic E-state index is 0.101. The van der Waals surface area contributed by atoms with E-state index in [0.717, 1.165) is 0 Å². The summed E-state index contributed by atoms with van der Waals surface area (Å²) in [6, 6.07) is 3.57. The summed E-state index contributed by atoms with van der Waals surface area (Å²) in [6.45, 7) is 3.41. The van der Waals surface area contributed by atoms with Crippen LogP contribution in [-0.2, 0) is 10.0 Å². The van der Waals surface area contributed by atoms with Crippen molar-refractivity contribution in [2.75, 3.05) is 11.1 Å². The van der Waals surface area contributed by atoms with Crippen molar-refractivity contribution in [2.45, 2.75) is 24.8 Å². The van der Waals surface area contributed by atoms with Gasteiger partial charge in [-0.15, -0.1) is 0 Å². The number of hydrogen-bond donors (Lipinski definition) is 4. The SMILES string of the molecule is CC(C)NS(=O)(=O)c1cc(-c2ccnc(NC(N)=O)c2)cnc1N. The number of aromatic nitrogens is 2. The van der Waals surface area contributed by atoms with Crippen LogP contribution in [0, 0.1) is 0 Å². The molecule has 2 aromatic heterocycles. The lowest BCUT2D eigenvalue weighted by atomic mass is 10.1. The molecule has 0 unspecified atom stereocenters. The fourth-order valence-electron chi connectivity index (χ4n) is 2.01. The molecule has 10 heteroatoms. The van der Waals surface area contributed by atoms with Crippen molar-refractivity contribution in [3.05, 3.63) is 30.6 Å². The van der Waals surface area contributed by atoms with Crippen LogP contribution in [0.1, 0.15) is 13.8 Å². The Hall–Kier alpha value is -2.72. The number of pyridine rings is 2. The van der Waals surface area contributed by atoms with Gasteiger partial charge in [0.05, 0.1) is 0 Å². The van der Waals surface area contributed by atoms with E-state index in [1.54, 1.807) is 26.0 Å². The zero-order valence-electron chi connectivity index (χ0n) is 13.1. The third-order valence-corrected chi connectivity index (χ3v) is 4.59. The molecule has 0 aliphatic heterocycles. The number of hydrogen-bond acceptors (Lipinski definition) is 6. The van der Waals surface area contributed by atoms with Gasteiger partial charge in [-0.05, 0) is 37.6 Å². The number of nitrogens with one attached hydrogen (secondary N) is 2. The van der Waals surface area contributed by atoms with E-state index in [4.69, 9.17) is 11.5 Å². The van der Waals surface area contributed by atoms with Crippen molar-refractivity contribution in [1.82, 2.24) is 14.7 Å². The second-order valence-corrected chi connectivity index (χ2v) is 6.98. The number of primary amides is 1. The minimum atomic E-state index is -3.79. The molecule has 0 aromatic carbocycles. The predicted octanol–water partition coefficient (Wildman–Crippen LogP) is 0.903. The van der Waals surface area contributed by atoms with Gasteiger partial charge in [0, 0.05) is 24.0 Å². The standard InChI is InChI=1S/C14H18N6O3S/c1-8(2)20-24(22,23)11-5-10(7-18-13(11)15)9-3-4-17-12(6-9)19-14(16)21/h3-8,20H,1-2H3,(H2,15,18)(H3,16,17,19,21). The first-order chi connectivity index (χ1) is 11.2. The number of anilines is 2. The van der Waals surface area contributed by atoms with Gasteiger partial charge in [0.2, 0.25) is 10.0 Å². The fraction of sp³-hybridized carbons (Fsp3) is 0.214. The summed E-state index contributed by atoms with van der Waals surface area (Å²) in [5, 5.41) is 2.35. The Labute approximate surface area is 139 Å². The molecule has 6 N–H and O–H groups in total. The van der Waals surface area contributed by atoms with Gasteiger partial charge in [0.15, 0.2) is 0 Å². The monoisotopic (exact) mass is 350 g/mol. The third-order valence-electron chi connectivity index (χ3n) is 2.91. The van der Waals surface area contributed by atoms with Crippen LogP contribution in [0.3, 0.4) is 0 Å². The van der Waals surface area contributed by atoms with E-state index < -0.39 is 16.1 Å². The molecule has 0 saturated carbocycles. The molecule has 0 spiro atoms. The van der Waals surface area contributed by atoms with Crippen LogP contribution in [0.25, 0.3) is 11.1 Å². The molecule has 0 atom stereocenters. The highest BCUT2D eigenvalue weighted by atomic mass is 32.2. The fourth-order valence-corrected chi connectivity index (χ4v) is 3.36. The Balaban J connectivity index is 2.47. The highest BCUT2D eigenvalue weighted by Crippen LogP contribution is 2.26. The van der Waals surface area contributed by atoms with Crippen LogP contribution < -0.4 is 21.5 Å². The molecule has 2 amide bonds. The van der Waals surface area contributed by atoms with Gasteiger partial charge < -0.3 is 11.5 Å². The summed E-state index contributed by atoms with van der Waals surface area (Å²) in [6.07, 6.45) is 2.89. The van der Waals surface area contributed by atoms with Crippen LogP contribution in [0.5, 0.6) is 0 Å². The van der Waals surface area contributed by atoms with Crippen LogP contribution in [0.2, 0.25) is 0 Å². The number of nitrogen functional groups attached to an aromatic ring is 1. The molecular formula is C14H18N6O3S. The normalized spacial score (nSPS) is 11.5. The molecular weight excluding hydrogens is 332 g/mol. The molecule has 0 saturated heterocycles. The van der Waals surface area contributed by atoms with E-state index in [-0.39, 0.29) is 22.6 Å². The first-order valence-electron chi connectivity index (χ1n) is 7.00. The molecule has 0 radical (unpaired) electrons. The first-order valence-corrected chi connectivity index (χ1v) is 8.48. The lowest BCUT2D eigenvalue weighted by Gasteiger charge is -2.12. The number of carbonyl (C=O) groups is 1. The van der Waals surface area contributed by atoms with Gasteiger partial charge in [0.25, 0.3) is 0 Å². The predicted molar refractivity (Wildman–Crippen MR) is 90.5 cm³/mol. The van der Waals surface area contributed by atoms with Gasteiger partial charge in [-0.1, -0.05) is 0 Å². The summed E-state index contributed by atoms with van der Waals surface area (Å²) in [7, 11) is -3.79. The van der Waals surface area contributed by atoms with Gasteiger partial charge >= 0.3 is 6.03 Å². The quantitative estimate of drug-likeness (QED) is 0.628. The molecule has 2 rings (SSSR count). The van der Waals surface area contributed by atoms with Crippen LogP contribution >= 0.6 is 0 Å². The van der Waals surface area contributed by atoms with Crippen molar-refractivity contribution in [3.63, 3.8) is 0 Å². The number of urea groups is 1. The number of carbonyl (C=O) groups excluding carboxylic acids is 1. The molecule has 0 aliphatic rings. The summed E-state index contributed by atoms with van der Waals surface area (Å²) in [5.74, 6) is 0.137. The Kier molecular flexibility index (Phi) is 5.00. The van der Waals surface area contributed by atoms with Gasteiger partial charge in [-0.3, -0.25) is 5.32 Å². The lowest BCUT2D eigenvalue weighted by molar-refractivity contribution is 0.259. The van der Waals surface area contributed by atoms with Gasteiger partial charge in [-0.25, -0.2) is 27.9 Å². The summed E-state index contributed by atoms with van der Waals surface area (Å²) in [5.41, 5.74) is 11.9. The van der Waals surface area contributed by atoms with Crippen molar-refractivity contribution in [3.8, 4) is 11.1 Å². The van der Waals surface area contributed by atoms with Crippen molar-refractivity contribution >= 4 is 27.7 Å². The van der Waals surface area contributed by atoms with Crippen LogP contribution in [-0.4, -0.2) is 30.5 Å². The number of rotatable bonds is 5. The van der Waals surface area contributed by atoms with E-state index in [9.17, 15) is 13.2 Å². The largest absolute Gasteiger partial charge is 0.383 e. The van der Waals surface area contributed by atoms with Gasteiger partial charge in [-0.2, -0.15) is 0 Å². The topological polar surface area (TPSA) is 153 Å². The number of nitrogens with two attached hydrogens (primary N) is 2. The van der Waals surface area contributed by atoms with E-state index >= 15 is 0 Å². The molecule has 24 heavy (non-hydrogen) atoms. The third kappa shape index (κ3) is 4.18. The van der Waals surface area contributed by atoms with E-state index in [0.29, 0.717) is 11.1 Å². The molecule has 128 valence electrons. The second-order valence-electron chi connectivity index (χ2n) is 5.30. The maximum atomic E-state index is 12.3. The number of amides is 2. The van der Waals surface area contributed by atoms with Gasteiger partial charge in [0.1, 0.15) is 16.5 Å². The molecule has 2 heterocycles. The average Bonchev–Trinajstić information content (AvgIpc) is 2.45. The second kappa shape index (κ2) is 6.81. The molecule has 0 aliphatic carbocycles. The van der Waals surface area contributed by atoms with E-state index in [2.05, 4.69) is 20.0 Å². The summed E-state index contributed by atoms with van der Waals surface area (Å²) in [4.78, 5) is 18.7. The van der Waals surface area contributed by atoms with Crippen molar-refractivity contribution in [2.24, 2.45) is 5.73 Å². The van der Waals surface area contributed by atoms with Crippen LogP contribution in [0.4, 0.5) is 16.4 Å². The Bertz CT molecular complexity index is 867. The van der Waals surface area contributed by atoms with Crippen LogP contribution in [0.15, 0.2) is 35.5 Å². The molecule has 0 fully saturated rings. The maximum Gasteiger partial charge on any atom is 0.317 e. The Morgan fingerprint density at radius 2 is 1.92 bits per heavy atom. The Morgan fingerprint density at radius 1 is 1.21 bits per heavy atom. The first kappa shape index (κ1) is 17.6. The highest BCUT2D eigenvalue weighted by molar-refractivity contribution is 7.89. The van der Waals surface area contributed by atoms with E-state index in [1.807, 2.05) is 0 Å². The lowest BCUT2D eigenvalue weighted by Crippen LogP contribution is -2.31. The molecule has 2 aromatic rings. The number of sulfonamides is 1. The summed E-state index contributed by atoms with van der Waals surface area (Å²) >= 11 is 0. The summed E-state index contributed by atoms with van der Waals surface area (Å²) < 4.78 is 27.1. The zero-order chi connectivity index (χ0) is 17.9. The molecule has 9 nitrogen and oxygen atoms in total. The Morgan fingerprint density at radius 3 is 2.54 bits per heavy atom. The van der Waals surface area contributed by atoms with Crippen molar-refractivity contribution < 1.29 is 13.2 Å². The highest BCUT2D eigenvalue weighted by Gasteiger charge is 2.20. The minimum Gasteiger partial charge on any atom is -0.383 e. The van der Waals surface area contributed by atoms with E-state index in [1.165, 1.54) is 18.5 Å². The molecule has 0 bridgehead atoms. The zero-order valence-corrected chi connectivity index (χ0v) is 14.0.